The zero-order valence-electron chi connectivity index (χ0n) is 15.0. The number of aromatic amines is 1. The molecule has 3 aromatic heterocycles. The highest BCUT2D eigenvalue weighted by Gasteiger charge is 2.17. The molecule has 0 aliphatic rings. The van der Waals surface area contributed by atoms with Crippen LogP contribution in [0.25, 0.3) is 16.9 Å². The maximum Gasteiger partial charge on any atom is 0.329 e. The number of aromatic nitrogens is 5. The van der Waals surface area contributed by atoms with Gasteiger partial charge in [-0.15, -0.1) is 0 Å². The standard InChI is InChI=1S/C18H19ClN6O2/c1-11-10-25-14-15(23(2)18(27)22-16(14)26)21-17(25)24(11)8-4-7-20-13-6-3-5-12(19)9-13/h3,5-6,9-10,20H,4,7-8H2,1-2H3,(H,22,26,27). The van der Waals surface area contributed by atoms with E-state index in [4.69, 9.17) is 11.6 Å². The van der Waals surface area contributed by atoms with Crippen LogP contribution in [0, 0.1) is 6.92 Å². The second-order valence-electron chi connectivity index (χ2n) is 6.49. The van der Waals surface area contributed by atoms with Gasteiger partial charge in [0.2, 0.25) is 5.78 Å². The Morgan fingerprint density at radius 1 is 1.30 bits per heavy atom. The normalized spacial score (nSPS) is 11.5. The van der Waals surface area contributed by atoms with E-state index >= 15 is 0 Å². The van der Waals surface area contributed by atoms with E-state index in [1.54, 1.807) is 11.4 Å². The average molecular weight is 387 g/mol. The summed E-state index contributed by atoms with van der Waals surface area (Å²) in [6, 6.07) is 7.60. The highest BCUT2D eigenvalue weighted by Crippen LogP contribution is 2.17. The smallest absolute Gasteiger partial charge is 0.329 e. The SMILES string of the molecule is Cc1cn2c3c(=O)[nH]c(=O)n(C)c3nc2n1CCCNc1cccc(Cl)c1. The molecule has 0 amide bonds. The number of anilines is 1. The van der Waals surface area contributed by atoms with Crippen molar-refractivity contribution >= 4 is 34.2 Å². The molecule has 3 heterocycles. The topological polar surface area (TPSA) is 89.1 Å². The Balaban J connectivity index is 1.60. The van der Waals surface area contributed by atoms with Crippen LogP contribution in [-0.4, -0.2) is 30.0 Å². The number of rotatable bonds is 5. The number of imidazole rings is 2. The lowest BCUT2D eigenvalue weighted by Crippen LogP contribution is -2.28. The number of hydrogen-bond donors (Lipinski definition) is 2. The molecule has 140 valence electrons. The first kappa shape index (κ1) is 17.4. The third-order valence-electron chi connectivity index (χ3n) is 4.63. The van der Waals surface area contributed by atoms with Gasteiger partial charge in [0.1, 0.15) is 0 Å². The molecule has 2 N–H and O–H groups in total. The van der Waals surface area contributed by atoms with Gasteiger partial charge < -0.3 is 9.88 Å². The Hall–Kier alpha value is -3.00. The van der Waals surface area contributed by atoms with Crippen molar-refractivity contribution in [2.75, 3.05) is 11.9 Å². The molecule has 0 aliphatic carbocycles. The Bertz CT molecular complexity index is 1260. The Morgan fingerprint density at radius 2 is 2.11 bits per heavy atom. The van der Waals surface area contributed by atoms with Gasteiger partial charge in [0.15, 0.2) is 11.2 Å². The van der Waals surface area contributed by atoms with Crippen molar-refractivity contribution in [1.82, 2.24) is 23.5 Å². The number of halogens is 1. The van der Waals surface area contributed by atoms with E-state index < -0.39 is 11.2 Å². The molecule has 0 radical (unpaired) electrons. The zero-order valence-corrected chi connectivity index (χ0v) is 15.7. The fraction of sp³-hybridized carbons (Fsp3) is 0.278. The summed E-state index contributed by atoms with van der Waals surface area (Å²) in [5.74, 6) is 0.650. The van der Waals surface area contributed by atoms with Crippen LogP contribution < -0.4 is 16.6 Å². The summed E-state index contributed by atoms with van der Waals surface area (Å²) < 4.78 is 5.14. The third-order valence-corrected chi connectivity index (χ3v) is 4.86. The molecule has 9 heteroatoms. The van der Waals surface area contributed by atoms with Gasteiger partial charge in [-0.1, -0.05) is 17.7 Å². The molecule has 0 saturated carbocycles. The van der Waals surface area contributed by atoms with Crippen LogP contribution in [0.3, 0.4) is 0 Å². The highest BCUT2D eigenvalue weighted by atomic mass is 35.5. The van der Waals surface area contributed by atoms with Crippen LogP contribution >= 0.6 is 11.6 Å². The minimum atomic E-state index is -0.470. The second-order valence-corrected chi connectivity index (χ2v) is 6.92. The Morgan fingerprint density at radius 3 is 2.89 bits per heavy atom. The van der Waals surface area contributed by atoms with Crippen LogP contribution in [0.4, 0.5) is 5.69 Å². The number of hydrogen-bond acceptors (Lipinski definition) is 4. The van der Waals surface area contributed by atoms with Crippen molar-refractivity contribution in [1.29, 1.82) is 0 Å². The molecule has 4 rings (SSSR count). The lowest BCUT2D eigenvalue weighted by atomic mass is 10.3. The largest absolute Gasteiger partial charge is 0.385 e. The summed E-state index contributed by atoms with van der Waals surface area (Å²) in [5, 5.41) is 4.04. The third kappa shape index (κ3) is 3.02. The molecule has 1 aromatic carbocycles. The van der Waals surface area contributed by atoms with Gasteiger partial charge in [0.25, 0.3) is 5.56 Å². The van der Waals surface area contributed by atoms with Crippen LogP contribution in [0.2, 0.25) is 5.02 Å². The number of aryl methyl sites for hydroxylation is 3. The van der Waals surface area contributed by atoms with Crippen molar-refractivity contribution in [2.45, 2.75) is 19.9 Å². The predicted molar refractivity (Wildman–Crippen MR) is 106 cm³/mol. The number of benzene rings is 1. The number of nitrogens with zero attached hydrogens (tertiary/aromatic N) is 4. The van der Waals surface area contributed by atoms with E-state index in [0.29, 0.717) is 22.0 Å². The van der Waals surface area contributed by atoms with E-state index in [1.807, 2.05) is 42.0 Å². The molecular formula is C18H19ClN6O2. The first-order chi connectivity index (χ1) is 13.0. The van der Waals surface area contributed by atoms with E-state index in [2.05, 4.69) is 15.3 Å². The zero-order chi connectivity index (χ0) is 19.1. The van der Waals surface area contributed by atoms with E-state index in [1.165, 1.54) is 4.57 Å². The van der Waals surface area contributed by atoms with E-state index in [9.17, 15) is 9.59 Å². The van der Waals surface area contributed by atoms with Crippen molar-refractivity contribution in [3.05, 3.63) is 62.0 Å². The van der Waals surface area contributed by atoms with Gasteiger partial charge in [-0.2, -0.15) is 4.98 Å². The van der Waals surface area contributed by atoms with E-state index in [-0.39, 0.29) is 0 Å². The molecule has 27 heavy (non-hydrogen) atoms. The lowest BCUT2D eigenvalue weighted by Gasteiger charge is -2.08. The minimum absolute atomic E-state index is 0.379. The molecule has 0 bridgehead atoms. The van der Waals surface area contributed by atoms with Crippen molar-refractivity contribution in [3.8, 4) is 0 Å². The maximum absolute atomic E-state index is 12.2. The van der Waals surface area contributed by atoms with Gasteiger partial charge in [0.05, 0.1) is 0 Å². The first-order valence-electron chi connectivity index (χ1n) is 8.62. The summed E-state index contributed by atoms with van der Waals surface area (Å²) in [5.41, 5.74) is 1.83. The molecule has 8 nitrogen and oxygen atoms in total. The summed E-state index contributed by atoms with van der Waals surface area (Å²) >= 11 is 5.99. The van der Waals surface area contributed by atoms with Crippen molar-refractivity contribution in [3.63, 3.8) is 0 Å². The maximum atomic E-state index is 12.2. The summed E-state index contributed by atoms with van der Waals surface area (Å²) in [6.07, 6.45) is 2.73. The number of nitrogens with one attached hydrogen (secondary N) is 2. The van der Waals surface area contributed by atoms with Gasteiger partial charge in [-0.3, -0.25) is 18.7 Å². The van der Waals surface area contributed by atoms with Gasteiger partial charge in [-0.25, -0.2) is 4.79 Å². The van der Waals surface area contributed by atoms with Gasteiger partial charge >= 0.3 is 5.69 Å². The second kappa shape index (κ2) is 6.62. The van der Waals surface area contributed by atoms with Crippen LogP contribution in [0.15, 0.2) is 40.1 Å². The molecular weight excluding hydrogens is 368 g/mol. The highest BCUT2D eigenvalue weighted by molar-refractivity contribution is 6.30. The number of fused-ring (bicyclic) bond motifs is 3. The van der Waals surface area contributed by atoms with Crippen molar-refractivity contribution in [2.24, 2.45) is 7.05 Å². The lowest BCUT2D eigenvalue weighted by molar-refractivity contribution is 0.660. The quantitative estimate of drug-likeness (QED) is 0.514. The molecule has 0 spiro atoms. The van der Waals surface area contributed by atoms with Gasteiger partial charge in [-0.05, 0) is 31.5 Å². The van der Waals surface area contributed by atoms with Crippen LogP contribution in [0.1, 0.15) is 12.1 Å². The molecule has 0 saturated heterocycles. The molecule has 0 fully saturated rings. The first-order valence-corrected chi connectivity index (χ1v) is 9.00. The summed E-state index contributed by atoms with van der Waals surface area (Å²) in [4.78, 5) is 30.9. The number of H-pyrrole nitrogens is 1. The fourth-order valence-electron chi connectivity index (χ4n) is 3.26. The molecule has 4 aromatic rings. The monoisotopic (exact) mass is 386 g/mol. The summed E-state index contributed by atoms with van der Waals surface area (Å²) in [7, 11) is 1.60. The Labute approximate surface area is 159 Å². The van der Waals surface area contributed by atoms with Gasteiger partial charge in [0, 0.05) is 42.7 Å². The minimum Gasteiger partial charge on any atom is -0.385 e. The molecule has 0 aliphatic heterocycles. The fourth-order valence-corrected chi connectivity index (χ4v) is 3.45. The summed E-state index contributed by atoms with van der Waals surface area (Å²) in [6.45, 7) is 3.47. The average Bonchev–Trinajstić information content (AvgIpc) is 3.12. The van der Waals surface area contributed by atoms with Crippen molar-refractivity contribution < 1.29 is 0 Å². The van der Waals surface area contributed by atoms with Crippen LogP contribution in [-0.2, 0) is 13.6 Å². The van der Waals surface area contributed by atoms with Crippen LogP contribution in [0.5, 0.6) is 0 Å². The molecule has 0 atom stereocenters. The molecule has 0 unspecified atom stereocenters. The van der Waals surface area contributed by atoms with E-state index in [0.717, 1.165) is 30.9 Å². The predicted octanol–water partition coefficient (Wildman–Crippen LogP) is 2.14. The Kier molecular flexibility index (Phi) is 4.27.